The van der Waals surface area contributed by atoms with Gasteiger partial charge in [-0.15, -0.1) is 0 Å². The molecule has 0 aliphatic heterocycles. The molecule has 0 spiro atoms. The third kappa shape index (κ3) is 19.3. The Morgan fingerprint density at radius 1 is 0.513 bits per heavy atom. The molecule has 0 saturated carbocycles. The van der Waals surface area contributed by atoms with Crippen LogP contribution in [0.25, 0.3) is 0 Å². The van der Waals surface area contributed by atoms with Crippen molar-refractivity contribution in [2.45, 2.75) is 103 Å². The van der Waals surface area contributed by atoms with E-state index in [2.05, 4.69) is 91.7 Å². The number of carbonyl (C=O) groups is 2. The molecular weight excluding hydrogens is 601 g/mol. The zero-order valence-electron chi connectivity index (χ0n) is 26.5. The Hall–Kier alpha value is -0.479. The molecule has 0 aromatic heterocycles. The van der Waals surface area contributed by atoms with Gasteiger partial charge in [-0.2, -0.15) is 0 Å². The first-order valence-electron chi connectivity index (χ1n) is 13.5. The average Bonchev–Trinajstić information content (AvgIpc) is 2.68. The van der Waals surface area contributed by atoms with E-state index < -0.39 is 62.8 Å². The molecular formula is C24H54O9Si6. The van der Waals surface area contributed by atoms with Gasteiger partial charge in [-0.1, -0.05) is 13.2 Å². The van der Waals surface area contributed by atoms with Crippen LogP contribution in [0.5, 0.6) is 0 Å². The van der Waals surface area contributed by atoms with Gasteiger partial charge >= 0.3 is 29.5 Å². The SMILES string of the molecule is C=CC(=O)OCCC[Si](O[Si](C)(C)C)(O[Si](C)(C)C)O[Si](CCCOC(=O)C=C)(O[Si](C)(C)C)O[Si](C)(C)C. The Morgan fingerprint density at radius 2 is 0.769 bits per heavy atom. The van der Waals surface area contributed by atoms with E-state index in [1.165, 1.54) is 0 Å². The van der Waals surface area contributed by atoms with E-state index in [9.17, 15) is 9.59 Å². The van der Waals surface area contributed by atoms with Crippen molar-refractivity contribution in [1.82, 2.24) is 0 Å². The Labute approximate surface area is 243 Å². The van der Waals surface area contributed by atoms with Crippen molar-refractivity contribution >= 4 is 62.8 Å². The van der Waals surface area contributed by atoms with Crippen molar-refractivity contribution in [1.29, 1.82) is 0 Å². The fourth-order valence-corrected chi connectivity index (χ4v) is 27.3. The van der Waals surface area contributed by atoms with Crippen LogP contribution in [0.4, 0.5) is 0 Å². The van der Waals surface area contributed by atoms with E-state index in [1.807, 2.05) is 0 Å². The lowest BCUT2D eigenvalue weighted by Crippen LogP contribution is -2.67. The zero-order chi connectivity index (χ0) is 30.8. The van der Waals surface area contributed by atoms with Crippen molar-refractivity contribution in [3.8, 4) is 0 Å². The van der Waals surface area contributed by atoms with E-state index >= 15 is 0 Å². The van der Waals surface area contributed by atoms with Crippen LogP contribution in [0.3, 0.4) is 0 Å². The van der Waals surface area contributed by atoms with E-state index in [-0.39, 0.29) is 13.2 Å². The summed E-state index contributed by atoms with van der Waals surface area (Å²) in [5.74, 6) is -0.940. The van der Waals surface area contributed by atoms with Crippen molar-refractivity contribution in [2.75, 3.05) is 13.2 Å². The first-order chi connectivity index (χ1) is 17.4. The predicted molar refractivity (Wildman–Crippen MR) is 171 cm³/mol. The summed E-state index contributed by atoms with van der Waals surface area (Å²) in [6, 6.07) is 0.909. The molecule has 0 bridgehead atoms. The molecule has 0 aromatic rings. The minimum Gasteiger partial charge on any atom is -0.463 e. The quantitative estimate of drug-likeness (QED) is 0.0628. The van der Waals surface area contributed by atoms with Gasteiger partial charge in [0.15, 0.2) is 33.3 Å². The van der Waals surface area contributed by atoms with Gasteiger partial charge in [-0.3, -0.25) is 0 Å². The van der Waals surface area contributed by atoms with Gasteiger partial charge in [0.05, 0.1) is 13.2 Å². The number of carbonyl (C=O) groups excluding carboxylic acids is 2. The third-order valence-electron chi connectivity index (χ3n) is 4.23. The van der Waals surface area contributed by atoms with Crippen LogP contribution in [0, 0.1) is 0 Å². The third-order valence-corrected chi connectivity index (χ3v) is 23.4. The Morgan fingerprint density at radius 3 is 0.974 bits per heavy atom. The summed E-state index contributed by atoms with van der Waals surface area (Å²) >= 11 is 0. The molecule has 0 atom stereocenters. The van der Waals surface area contributed by atoms with E-state index in [0.29, 0.717) is 24.9 Å². The molecule has 228 valence electrons. The van der Waals surface area contributed by atoms with Crippen LogP contribution in [-0.2, 0) is 39.6 Å². The van der Waals surface area contributed by atoms with Gasteiger partial charge in [-0.05, 0) is 91.4 Å². The van der Waals surface area contributed by atoms with Crippen LogP contribution in [0.1, 0.15) is 12.8 Å². The maximum atomic E-state index is 11.7. The van der Waals surface area contributed by atoms with Gasteiger partial charge in [0.25, 0.3) is 0 Å². The fraction of sp³-hybridized carbons (Fsp3) is 0.750. The number of rotatable bonds is 20. The molecule has 0 aliphatic rings. The summed E-state index contributed by atoms with van der Waals surface area (Å²) in [4.78, 5) is 23.4. The highest BCUT2D eigenvalue weighted by Crippen LogP contribution is 2.35. The molecule has 0 N–H and O–H groups in total. The van der Waals surface area contributed by atoms with Gasteiger partial charge in [0, 0.05) is 24.2 Å². The summed E-state index contributed by atoms with van der Waals surface area (Å²) in [6.07, 6.45) is 3.31. The van der Waals surface area contributed by atoms with Crippen LogP contribution < -0.4 is 0 Å². The molecule has 0 aliphatic carbocycles. The monoisotopic (exact) mass is 654 g/mol. The van der Waals surface area contributed by atoms with Gasteiger partial charge in [0.1, 0.15) is 0 Å². The molecule has 0 radical (unpaired) electrons. The van der Waals surface area contributed by atoms with Gasteiger partial charge in [0.2, 0.25) is 0 Å². The van der Waals surface area contributed by atoms with Gasteiger partial charge in [-0.25, -0.2) is 9.59 Å². The summed E-state index contributed by atoms with van der Waals surface area (Å²) in [5, 5.41) is 0. The summed E-state index contributed by atoms with van der Waals surface area (Å²) in [5.41, 5.74) is 0. The lowest BCUT2D eigenvalue weighted by molar-refractivity contribution is -0.138. The normalized spacial score (nSPS) is 13.6. The van der Waals surface area contributed by atoms with Crippen molar-refractivity contribution < 1.29 is 39.6 Å². The summed E-state index contributed by atoms with van der Waals surface area (Å²) in [6.45, 7) is 32.7. The van der Waals surface area contributed by atoms with Crippen LogP contribution in [-0.4, -0.2) is 76.0 Å². The number of ether oxygens (including phenoxy) is 2. The molecule has 15 heteroatoms. The lowest BCUT2D eigenvalue weighted by Gasteiger charge is -2.47. The largest absolute Gasteiger partial charge is 0.472 e. The number of esters is 2. The second kappa shape index (κ2) is 15.7. The summed E-state index contributed by atoms with van der Waals surface area (Å²) in [7, 11) is -15.6. The van der Waals surface area contributed by atoms with E-state index in [1.54, 1.807) is 0 Å². The highest BCUT2D eigenvalue weighted by Gasteiger charge is 2.58. The van der Waals surface area contributed by atoms with Crippen LogP contribution in [0.15, 0.2) is 25.3 Å². The smallest absolute Gasteiger partial charge is 0.463 e. The molecule has 0 heterocycles. The standard InChI is InChI=1S/C24H54O9Si6/c1-15-23(25)27-19-17-21-38(29-34(3,4)5,30-35(6,7)8)33-39(31-36(9,10)11,32-37(12,13)14)22-18-20-28-24(26)16-2/h15-16H,1-2,17-22H2,3-14H3. The van der Waals surface area contributed by atoms with Crippen LogP contribution >= 0.6 is 0 Å². The van der Waals surface area contributed by atoms with Crippen LogP contribution in [0.2, 0.25) is 90.7 Å². The Bertz CT molecular complexity index is 713. The summed E-state index contributed by atoms with van der Waals surface area (Å²) < 4.78 is 45.3. The molecule has 0 aromatic carbocycles. The topological polar surface area (TPSA) is 98.8 Å². The molecule has 9 nitrogen and oxygen atoms in total. The minimum absolute atomic E-state index is 0.197. The van der Waals surface area contributed by atoms with Crippen molar-refractivity contribution in [2.24, 2.45) is 0 Å². The maximum absolute atomic E-state index is 11.7. The average molecular weight is 655 g/mol. The molecule has 0 unspecified atom stereocenters. The molecule has 0 amide bonds. The number of hydrogen-bond acceptors (Lipinski definition) is 9. The first-order valence-corrected chi connectivity index (χ1v) is 31.0. The van der Waals surface area contributed by atoms with Crippen molar-refractivity contribution in [3.63, 3.8) is 0 Å². The van der Waals surface area contributed by atoms with E-state index in [0.717, 1.165) is 12.2 Å². The maximum Gasteiger partial charge on any atom is 0.472 e. The Kier molecular flexibility index (Phi) is 15.5. The second-order valence-corrected chi connectivity index (χ2v) is 38.0. The molecule has 0 saturated heterocycles. The Balaban J connectivity index is 6.71. The number of hydrogen-bond donors (Lipinski definition) is 0. The van der Waals surface area contributed by atoms with Gasteiger partial charge < -0.3 is 30.0 Å². The fourth-order valence-electron chi connectivity index (χ4n) is 3.57. The second-order valence-electron chi connectivity index (χ2n) is 13.3. The molecule has 0 fully saturated rings. The zero-order valence-corrected chi connectivity index (χ0v) is 32.5. The first kappa shape index (κ1) is 38.5. The molecule has 0 rings (SSSR count). The lowest BCUT2D eigenvalue weighted by atomic mass is 10.5. The van der Waals surface area contributed by atoms with Crippen molar-refractivity contribution in [3.05, 3.63) is 25.3 Å². The minimum atomic E-state index is -3.43. The highest BCUT2D eigenvalue weighted by molar-refractivity contribution is 6.92. The molecule has 39 heavy (non-hydrogen) atoms. The predicted octanol–water partition coefficient (Wildman–Crippen LogP) is 6.53. The van der Waals surface area contributed by atoms with E-state index in [4.69, 9.17) is 30.0 Å². The highest BCUT2D eigenvalue weighted by atomic mass is 28.5.